The van der Waals surface area contributed by atoms with E-state index >= 15 is 0 Å². The molecule has 2 aromatic carbocycles. The molecule has 1 amide bonds. The molecule has 0 saturated carbocycles. The molecule has 0 radical (unpaired) electrons. The van der Waals surface area contributed by atoms with Gasteiger partial charge in [-0.25, -0.2) is 0 Å². The van der Waals surface area contributed by atoms with Gasteiger partial charge in [0, 0.05) is 0 Å². The Morgan fingerprint density at radius 1 is 1.08 bits per heavy atom. The zero-order valence-corrected chi connectivity index (χ0v) is 14.9. The van der Waals surface area contributed by atoms with Gasteiger partial charge in [-0.15, -0.1) is 5.10 Å². The van der Waals surface area contributed by atoms with Gasteiger partial charge >= 0.3 is 6.01 Å². The van der Waals surface area contributed by atoms with Gasteiger partial charge in [0.05, 0.1) is 20.0 Å². The maximum absolute atomic E-state index is 12.1. The fourth-order valence-electron chi connectivity index (χ4n) is 2.57. The van der Waals surface area contributed by atoms with E-state index in [1.165, 1.54) is 5.56 Å². The fraction of sp³-hybridized carbons (Fsp3) is 0.250. The average molecular weight is 351 g/mol. The van der Waals surface area contributed by atoms with Gasteiger partial charge in [-0.1, -0.05) is 48.4 Å². The van der Waals surface area contributed by atoms with Crippen molar-refractivity contribution in [2.24, 2.45) is 0 Å². The Kier molecular flexibility index (Phi) is 5.63. The zero-order valence-electron chi connectivity index (χ0n) is 14.9. The predicted molar refractivity (Wildman–Crippen MR) is 98.3 cm³/mol. The van der Waals surface area contributed by atoms with Gasteiger partial charge in [-0.2, -0.15) is 0 Å². The summed E-state index contributed by atoms with van der Waals surface area (Å²) in [5, 5.41) is 10.5. The molecule has 6 nitrogen and oxygen atoms in total. The minimum Gasteiger partial charge on any atom is -0.497 e. The molecule has 26 heavy (non-hydrogen) atoms. The van der Waals surface area contributed by atoms with Crippen molar-refractivity contribution in [3.63, 3.8) is 0 Å². The van der Waals surface area contributed by atoms with Crippen LogP contribution in [0.5, 0.6) is 5.75 Å². The third-order valence-corrected chi connectivity index (χ3v) is 4.00. The maximum atomic E-state index is 12.1. The molecule has 1 N–H and O–H groups in total. The molecule has 1 heterocycles. The van der Waals surface area contributed by atoms with E-state index in [-0.39, 0.29) is 18.3 Å². The van der Waals surface area contributed by atoms with Crippen molar-refractivity contribution in [2.75, 3.05) is 12.4 Å². The molecule has 0 aliphatic heterocycles. The summed E-state index contributed by atoms with van der Waals surface area (Å²) < 4.78 is 10.7. The van der Waals surface area contributed by atoms with Crippen LogP contribution in [0.15, 0.2) is 52.9 Å². The molecule has 0 fully saturated rings. The molecule has 0 unspecified atom stereocenters. The number of anilines is 1. The minimum absolute atomic E-state index is 0.109. The predicted octanol–water partition coefficient (Wildman–Crippen LogP) is 3.41. The van der Waals surface area contributed by atoms with Crippen molar-refractivity contribution in [3.05, 3.63) is 71.1 Å². The van der Waals surface area contributed by atoms with Gasteiger partial charge in [0.2, 0.25) is 11.8 Å². The molecule has 1 aromatic heterocycles. The van der Waals surface area contributed by atoms with Crippen LogP contribution in [0.4, 0.5) is 6.01 Å². The van der Waals surface area contributed by atoms with Crippen LogP contribution in [0.3, 0.4) is 0 Å². The summed E-state index contributed by atoms with van der Waals surface area (Å²) in [4.78, 5) is 12.1. The quantitative estimate of drug-likeness (QED) is 0.706. The molecule has 0 atom stereocenters. The molecule has 0 spiro atoms. The molecular formula is C20H21N3O3. The first kappa shape index (κ1) is 17.7. The summed E-state index contributed by atoms with van der Waals surface area (Å²) >= 11 is 0. The number of methoxy groups -OCH3 is 1. The fourth-order valence-corrected chi connectivity index (χ4v) is 2.57. The Hall–Kier alpha value is -3.15. The van der Waals surface area contributed by atoms with Crippen LogP contribution in [0.2, 0.25) is 0 Å². The molecule has 0 bridgehead atoms. The van der Waals surface area contributed by atoms with E-state index < -0.39 is 0 Å². The highest BCUT2D eigenvalue weighted by atomic mass is 16.5. The lowest BCUT2D eigenvalue weighted by atomic mass is 10.1. The molecule has 0 aliphatic rings. The van der Waals surface area contributed by atoms with E-state index in [9.17, 15) is 4.79 Å². The Morgan fingerprint density at radius 3 is 2.58 bits per heavy atom. The van der Waals surface area contributed by atoms with E-state index in [0.29, 0.717) is 18.1 Å². The molecular weight excluding hydrogens is 330 g/mol. The van der Waals surface area contributed by atoms with Crippen LogP contribution in [0, 0.1) is 0 Å². The maximum Gasteiger partial charge on any atom is 0.322 e. The number of nitrogens with one attached hydrogen (secondary N) is 1. The summed E-state index contributed by atoms with van der Waals surface area (Å²) in [6.45, 7) is 2.12. The van der Waals surface area contributed by atoms with E-state index in [1.807, 2.05) is 36.4 Å². The molecule has 0 saturated heterocycles. The number of hydrogen-bond acceptors (Lipinski definition) is 5. The number of nitrogens with zero attached hydrogens (tertiary/aromatic N) is 2. The number of amides is 1. The molecule has 0 aliphatic carbocycles. The van der Waals surface area contributed by atoms with E-state index in [4.69, 9.17) is 9.15 Å². The number of carbonyl (C=O) groups excluding carboxylic acids is 1. The monoisotopic (exact) mass is 351 g/mol. The average Bonchev–Trinajstić information content (AvgIpc) is 3.09. The van der Waals surface area contributed by atoms with Crippen molar-refractivity contribution in [3.8, 4) is 5.75 Å². The van der Waals surface area contributed by atoms with Gasteiger partial charge in [0.25, 0.3) is 0 Å². The second kappa shape index (κ2) is 8.29. The number of carbonyl (C=O) groups is 1. The summed E-state index contributed by atoms with van der Waals surface area (Å²) in [6, 6.07) is 15.7. The van der Waals surface area contributed by atoms with E-state index in [1.54, 1.807) is 7.11 Å². The van der Waals surface area contributed by atoms with Crippen molar-refractivity contribution in [2.45, 2.75) is 26.2 Å². The topological polar surface area (TPSA) is 77.2 Å². The minimum atomic E-state index is -0.222. The standard InChI is InChI=1S/C20H21N3O3/c1-3-14-7-9-15(10-8-14)13-19-22-23-20(26-19)21-18(24)12-16-5-4-6-17(11-16)25-2/h4-11H,3,12-13H2,1-2H3,(H,21,23,24). The van der Waals surface area contributed by atoms with Crippen molar-refractivity contribution in [1.29, 1.82) is 0 Å². The Morgan fingerprint density at radius 2 is 1.85 bits per heavy atom. The largest absolute Gasteiger partial charge is 0.497 e. The van der Waals surface area contributed by atoms with E-state index in [0.717, 1.165) is 17.5 Å². The Labute approximate surface area is 152 Å². The SMILES string of the molecule is CCc1ccc(Cc2nnc(NC(=O)Cc3cccc(OC)c3)o2)cc1. The summed E-state index contributed by atoms with van der Waals surface area (Å²) in [5.74, 6) is 0.955. The zero-order chi connectivity index (χ0) is 18.4. The van der Waals surface area contributed by atoms with Gasteiger partial charge in [-0.3, -0.25) is 10.1 Å². The highest BCUT2D eigenvalue weighted by Crippen LogP contribution is 2.15. The van der Waals surface area contributed by atoms with Crippen molar-refractivity contribution in [1.82, 2.24) is 10.2 Å². The summed E-state index contributed by atoms with van der Waals surface area (Å²) in [6.07, 6.45) is 1.74. The van der Waals surface area contributed by atoms with Crippen molar-refractivity contribution < 1.29 is 13.9 Å². The van der Waals surface area contributed by atoms with Crippen molar-refractivity contribution >= 4 is 11.9 Å². The van der Waals surface area contributed by atoms with Gasteiger partial charge in [0.1, 0.15) is 5.75 Å². The first-order valence-corrected chi connectivity index (χ1v) is 8.49. The van der Waals surface area contributed by atoms with Crippen LogP contribution in [0.1, 0.15) is 29.5 Å². The van der Waals surface area contributed by atoms with E-state index in [2.05, 4.69) is 34.6 Å². The smallest absolute Gasteiger partial charge is 0.322 e. The molecule has 3 rings (SSSR count). The Bertz CT molecular complexity index is 872. The lowest BCUT2D eigenvalue weighted by Crippen LogP contribution is -2.14. The first-order chi connectivity index (χ1) is 12.7. The Balaban J connectivity index is 1.57. The summed E-state index contributed by atoms with van der Waals surface area (Å²) in [7, 11) is 1.59. The second-order valence-corrected chi connectivity index (χ2v) is 5.92. The number of benzene rings is 2. The van der Waals surface area contributed by atoms with Crippen LogP contribution in [0.25, 0.3) is 0 Å². The van der Waals surface area contributed by atoms with Gasteiger partial charge in [0.15, 0.2) is 0 Å². The van der Waals surface area contributed by atoms with Crippen LogP contribution in [-0.4, -0.2) is 23.2 Å². The molecule has 134 valence electrons. The number of ether oxygens (including phenoxy) is 1. The van der Waals surface area contributed by atoms with Gasteiger partial charge < -0.3 is 9.15 Å². The highest BCUT2D eigenvalue weighted by Gasteiger charge is 2.11. The number of aryl methyl sites for hydroxylation is 1. The third kappa shape index (κ3) is 4.69. The normalized spacial score (nSPS) is 10.5. The highest BCUT2D eigenvalue weighted by molar-refractivity contribution is 5.90. The van der Waals surface area contributed by atoms with Gasteiger partial charge in [-0.05, 0) is 35.2 Å². The summed E-state index contributed by atoms with van der Waals surface area (Å²) in [5.41, 5.74) is 3.21. The van der Waals surface area contributed by atoms with Crippen LogP contribution in [-0.2, 0) is 24.1 Å². The third-order valence-electron chi connectivity index (χ3n) is 4.00. The first-order valence-electron chi connectivity index (χ1n) is 8.49. The lowest BCUT2D eigenvalue weighted by Gasteiger charge is -2.04. The number of aromatic nitrogens is 2. The number of hydrogen-bond donors (Lipinski definition) is 1. The van der Waals surface area contributed by atoms with Crippen LogP contribution < -0.4 is 10.1 Å². The lowest BCUT2D eigenvalue weighted by molar-refractivity contribution is -0.115. The molecule has 6 heteroatoms. The second-order valence-electron chi connectivity index (χ2n) is 5.92. The molecule has 3 aromatic rings. The van der Waals surface area contributed by atoms with Crippen LogP contribution >= 0.6 is 0 Å². The number of rotatable bonds is 7.